The molecule has 0 saturated carbocycles. The second kappa shape index (κ2) is 8.03. The van der Waals surface area contributed by atoms with Crippen molar-refractivity contribution in [3.8, 4) is 0 Å². The van der Waals surface area contributed by atoms with E-state index in [2.05, 4.69) is 10.4 Å². The first-order valence-corrected chi connectivity index (χ1v) is 7.89. The van der Waals surface area contributed by atoms with Crippen molar-refractivity contribution in [3.63, 3.8) is 0 Å². The molecule has 0 unspecified atom stereocenters. The molecule has 0 bridgehead atoms. The number of nitrogens with zero attached hydrogens (tertiary/aromatic N) is 2. The predicted molar refractivity (Wildman–Crippen MR) is 87.6 cm³/mol. The van der Waals surface area contributed by atoms with Gasteiger partial charge in [0.2, 0.25) is 5.91 Å². The highest BCUT2D eigenvalue weighted by atomic mass is 19.4. The summed E-state index contributed by atoms with van der Waals surface area (Å²) in [6.45, 7) is 3.28. The molecule has 0 saturated heterocycles. The van der Waals surface area contributed by atoms with Crippen LogP contribution in [0.4, 0.5) is 18.9 Å². The summed E-state index contributed by atoms with van der Waals surface area (Å²) in [4.78, 5) is 23.7. The number of hydrogen-bond acceptors (Lipinski definition) is 4. The Labute approximate surface area is 147 Å². The number of aryl methyl sites for hydroxylation is 1. The number of ether oxygens (including phenoxy) is 1. The van der Waals surface area contributed by atoms with Gasteiger partial charge in [0.05, 0.1) is 12.2 Å². The summed E-state index contributed by atoms with van der Waals surface area (Å²) in [5.41, 5.74) is -0.0729. The fraction of sp³-hybridized carbons (Fsp3) is 0.353. The number of benzene rings is 1. The van der Waals surface area contributed by atoms with E-state index >= 15 is 0 Å². The molecule has 2 rings (SSSR count). The molecular weight excluding hydrogens is 351 g/mol. The first-order valence-electron chi connectivity index (χ1n) is 7.89. The van der Waals surface area contributed by atoms with Gasteiger partial charge in [0.1, 0.15) is 6.54 Å². The lowest BCUT2D eigenvalue weighted by molar-refractivity contribution is -0.141. The number of aromatic nitrogens is 2. The summed E-state index contributed by atoms with van der Waals surface area (Å²) in [6.07, 6.45) is -3.85. The maximum atomic E-state index is 12.6. The van der Waals surface area contributed by atoms with Crippen molar-refractivity contribution in [2.24, 2.45) is 0 Å². The maximum Gasteiger partial charge on any atom is 0.435 e. The molecule has 0 aliphatic carbocycles. The van der Waals surface area contributed by atoms with Crippen LogP contribution < -0.4 is 5.32 Å². The van der Waals surface area contributed by atoms with Crippen molar-refractivity contribution in [1.29, 1.82) is 0 Å². The molecule has 6 nitrogen and oxygen atoms in total. The van der Waals surface area contributed by atoms with Crippen molar-refractivity contribution < 1.29 is 27.5 Å². The Morgan fingerprint density at radius 1 is 1.23 bits per heavy atom. The summed E-state index contributed by atoms with van der Waals surface area (Å²) in [5.74, 6) is -0.997. The van der Waals surface area contributed by atoms with Gasteiger partial charge in [0.15, 0.2) is 5.69 Å². The third-order valence-corrected chi connectivity index (χ3v) is 3.41. The molecule has 0 atom stereocenters. The predicted octanol–water partition coefficient (Wildman–Crippen LogP) is 3.42. The van der Waals surface area contributed by atoms with E-state index in [4.69, 9.17) is 4.74 Å². The smallest absolute Gasteiger partial charge is 0.435 e. The third-order valence-electron chi connectivity index (χ3n) is 3.41. The number of nitrogens with one attached hydrogen (secondary N) is 1. The van der Waals surface area contributed by atoms with E-state index in [9.17, 15) is 22.8 Å². The second-order valence-electron chi connectivity index (χ2n) is 5.59. The lowest BCUT2D eigenvalue weighted by Gasteiger charge is -2.08. The Balaban J connectivity index is 1.98. The van der Waals surface area contributed by atoms with Crippen LogP contribution in [0.2, 0.25) is 0 Å². The molecule has 2 aromatic rings. The topological polar surface area (TPSA) is 73.2 Å². The fourth-order valence-corrected chi connectivity index (χ4v) is 2.11. The van der Waals surface area contributed by atoms with E-state index in [1.54, 1.807) is 0 Å². The summed E-state index contributed by atoms with van der Waals surface area (Å²) in [6, 6.07) is 6.89. The minimum absolute atomic E-state index is 0.224. The zero-order valence-electron chi connectivity index (χ0n) is 14.3. The third kappa shape index (κ3) is 5.08. The minimum Gasteiger partial charge on any atom is -0.462 e. The van der Waals surface area contributed by atoms with Crippen LogP contribution in [0.1, 0.15) is 35.1 Å². The van der Waals surface area contributed by atoms with Crippen LogP contribution in [-0.2, 0) is 22.3 Å². The van der Waals surface area contributed by atoms with E-state index < -0.39 is 23.7 Å². The molecular formula is C17H18F3N3O3. The molecule has 1 aromatic heterocycles. The number of carbonyl (C=O) groups is 2. The quantitative estimate of drug-likeness (QED) is 0.792. The van der Waals surface area contributed by atoms with Crippen LogP contribution in [-0.4, -0.2) is 28.3 Å². The average molecular weight is 369 g/mol. The number of alkyl halides is 3. The molecule has 0 fully saturated rings. The lowest BCUT2D eigenvalue weighted by atomic mass is 10.2. The zero-order chi connectivity index (χ0) is 19.3. The highest BCUT2D eigenvalue weighted by Crippen LogP contribution is 2.28. The van der Waals surface area contributed by atoms with Crippen LogP contribution in [0.3, 0.4) is 0 Å². The van der Waals surface area contributed by atoms with Crippen LogP contribution in [0.15, 0.2) is 30.3 Å². The maximum absolute atomic E-state index is 12.6. The number of rotatable bonds is 6. The van der Waals surface area contributed by atoms with E-state index in [1.165, 1.54) is 31.2 Å². The molecule has 1 heterocycles. The second-order valence-corrected chi connectivity index (χ2v) is 5.59. The van der Waals surface area contributed by atoms with Gasteiger partial charge in [-0.3, -0.25) is 9.48 Å². The number of amides is 1. The summed E-state index contributed by atoms with van der Waals surface area (Å²) >= 11 is 0. The van der Waals surface area contributed by atoms with Crippen LogP contribution in [0.25, 0.3) is 0 Å². The first-order chi connectivity index (χ1) is 12.2. The van der Waals surface area contributed by atoms with Gasteiger partial charge in [-0.1, -0.05) is 6.92 Å². The van der Waals surface area contributed by atoms with E-state index in [0.717, 1.165) is 10.7 Å². The van der Waals surface area contributed by atoms with Gasteiger partial charge in [0.25, 0.3) is 0 Å². The van der Waals surface area contributed by atoms with Gasteiger partial charge in [-0.25, -0.2) is 4.79 Å². The van der Waals surface area contributed by atoms with E-state index in [0.29, 0.717) is 24.3 Å². The summed E-state index contributed by atoms with van der Waals surface area (Å²) in [5, 5.41) is 5.94. The summed E-state index contributed by atoms with van der Waals surface area (Å²) < 4.78 is 43.9. The molecule has 140 valence electrons. The molecule has 0 aliphatic heterocycles. The molecule has 1 N–H and O–H groups in total. The van der Waals surface area contributed by atoms with Gasteiger partial charge in [-0.05, 0) is 43.7 Å². The molecule has 0 spiro atoms. The monoisotopic (exact) mass is 369 g/mol. The van der Waals surface area contributed by atoms with Gasteiger partial charge in [0, 0.05) is 11.4 Å². The first kappa shape index (κ1) is 19.5. The van der Waals surface area contributed by atoms with Gasteiger partial charge in [-0.15, -0.1) is 0 Å². The van der Waals surface area contributed by atoms with Crippen molar-refractivity contribution >= 4 is 17.6 Å². The van der Waals surface area contributed by atoms with Crippen LogP contribution in [0, 0.1) is 6.92 Å². The van der Waals surface area contributed by atoms with Crippen LogP contribution >= 0.6 is 0 Å². The van der Waals surface area contributed by atoms with Crippen molar-refractivity contribution in [2.75, 3.05) is 11.9 Å². The normalized spacial score (nSPS) is 11.3. The molecule has 0 radical (unpaired) electrons. The van der Waals surface area contributed by atoms with Gasteiger partial charge < -0.3 is 10.1 Å². The number of esters is 1. The number of carbonyl (C=O) groups excluding carboxylic acids is 2. The van der Waals surface area contributed by atoms with Crippen LogP contribution in [0.5, 0.6) is 0 Å². The Morgan fingerprint density at radius 2 is 1.88 bits per heavy atom. The molecule has 0 aliphatic rings. The number of hydrogen-bond donors (Lipinski definition) is 1. The molecule has 1 amide bonds. The summed E-state index contributed by atoms with van der Waals surface area (Å²) in [7, 11) is 0. The lowest BCUT2D eigenvalue weighted by Crippen LogP contribution is -2.20. The fourth-order valence-electron chi connectivity index (χ4n) is 2.11. The molecule has 26 heavy (non-hydrogen) atoms. The van der Waals surface area contributed by atoms with Gasteiger partial charge in [-0.2, -0.15) is 18.3 Å². The largest absolute Gasteiger partial charge is 0.462 e. The van der Waals surface area contributed by atoms with Gasteiger partial charge >= 0.3 is 12.1 Å². The molecule has 9 heteroatoms. The zero-order valence-corrected chi connectivity index (χ0v) is 14.3. The van der Waals surface area contributed by atoms with E-state index in [-0.39, 0.29) is 12.2 Å². The Bertz CT molecular complexity index is 783. The Kier molecular flexibility index (Phi) is 6.01. The average Bonchev–Trinajstić information content (AvgIpc) is 2.94. The number of halogens is 3. The van der Waals surface area contributed by atoms with Crippen molar-refractivity contribution in [3.05, 3.63) is 47.3 Å². The van der Waals surface area contributed by atoms with Crippen molar-refractivity contribution in [2.45, 2.75) is 33.0 Å². The van der Waals surface area contributed by atoms with E-state index in [1.807, 2.05) is 6.92 Å². The molecule has 1 aromatic carbocycles. The Hall–Kier alpha value is -2.84. The minimum atomic E-state index is -4.56. The standard InChI is InChI=1S/C17H18F3N3O3/c1-3-8-26-16(25)12-4-6-13(7-5-12)21-15(24)10-23-11(2)9-14(22-23)17(18,19)20/h4-7,9H,3,8,10H2,1-2H3,(H,21,24). The highest BCUT2D eigenvalue weighted by Gasteiger charge is 2.34. The Morgan fingerprint density at radius 3 is 2.42 bits per heavy atom. The van der Waals surface area contributed by atoms with Crippen molar-refractivity contribution in [1.82, 2.24) is 9.78 Å². The highest BCUT2D eigenvalue weighted by molar-refractivity contribution is 5.93. The number of anilines is 1. The SMILES string of the molecule is CCCOC(=O)c1ccc(NC(=O)Cn2nc(C(F)(F)F)cc2C)cc1.